The molecule has 0 unspecified atom stereocenters. The van der Waals surface area contributed by atoms with Gasteiger partial charge in [0.25, 0.3) is 0 Å². The fraction of sp³-hybridized carbons (Fsp3) is 0.565. The molecule has 0 aromatic heterocycles. The van der Waals surface area contributed by atoms with Gasteiger partial charge in [0.2, 0.25) is 0 Å². The summed E-state index contributed by atoms with van der Waals surface area (Å²) in [7, 11) is 0. The SMILES string of the molecule is C=CCN1CC[C@]23c4c5ccc(OC(=O)OCCCCCCOC(=O)Oc6ccc7c8c6O[C@H]6C(=O)CC[C@@]9(O)[C@@H](C7)N(CC=C)CC[C@]869)c4O[C@H]2C(=O)CC[C@@]3(O)[C@H]1C5. The van der Waals surface area contributed by atoms with Crippen LogP contribution in [0.3, 0.4) is 0 Å². The third-order valence-corrected chi connectivity index (χ3v) is 15.3. The average Bonchev–Trinajstić information content (AvgIpc) is 3.77. The van der Waals surface area contributed by atoms with Crippen LogP contribution >= 0.6 is 0 Å². The molecule has 14 nitrogen and oxygen atoms in total. The first-order valence-corrected chi connectivity index (χ1v) is 21.6. The van der Waals surface area contributed by atoms with Gasteiger partial charge in [-0.15, -0.1) is 13.2 Å². The fourth-order valence-corrected chi connectivity index (χ4v) is 12.8. The van der Waals surface area contributed by atoms with E-state index in [9.17, 15) is 29.4 Å². The van der Waals surface area contributed by atoms with Crippen LogP contribution in [0.25, 0.3) is 0 Å². The first-order valence-electron chi connectivity index (χ1n) is 21.6. The molecular formula is C46H52N2O12. The third kappa shape index (κ3) is 5.39. The van der Waals surface area contributed by atoms with Gasteiger partial charge in [-0.2, -0.15) is 0 Å². The number of rotatable bonds is 13. The van der Waals surface area contributed by atoms with Crippen LogP contribution in [0.2, 0.25) is 0 Å². The van der Waals surface area contributed by atoms with Gasteiger partial charge in [-0.05, 0) is 87.5 Å². The average molecular weight is 825 g/mol. The quantitative estimate of drug-likeness (QED) is 0.122. The summed E-state index contributed by atoms with van der Waals surface area (Å²) in [5, 5.41) is 24.7. The predicted molar refractivity (Wildman–Crippen MR) is 214 cm³/mol. The minimum absolute atomic E-state index is 0.0490. The Bertz CT molecular complexity index is 2040. The first-order chi connectivity index (χ1) is 29.0. The van der Waals surface area contributed by atoms with Crippen molar-refractivity contribution >= 4 is 23.9 Å². The van der Waals surface area contributed by atoms with Crippen LogP contribution in [0, 0.1) is 0 Å². The molecule has 10 rings (SSSR count). The van der Waals surface area contributed by atoms with E-state index in [-0.39, 0.29) is 61.2 Å². The van der Waals surface area contributed by atoms with Crippen molar-refractivity contribution in [1.29, 1.82) is 0 Å². The molecule has 4 heterocycles. The van der Waals surface area contributed by atoms with Crippen molar-refractivity contribution in [2.45, 2.75) is 123 Å². The Morgan fingerprint density at radius 1 is 0.683 bits per heavy atom. The van der Waals surface area contributed by atoms with Crippen LogP contribution in [0.5, 0.6) is 23.0 Å². The van der Waals surface area contributed by atoms with Crippen molar-refractivity contribution in [3.05, 3.63) is 71.8 Å². The zero-order chi connectivity index (χ0) is 41.6. The number of carbonyl (C=O) groups is 4. The van der Waals surface area contributed by atoms with Crippen molar-refractivity contribution < 1.29 is 57.8 Å². The Labute approximate surface area is 348 Å². The van der Waals surface area contributed by atoms with Gasteiger partial charge in [0.05, 0.1) is 35.2 Å². The van der Waals surface area contributed by atoms with Gasteiger partial charge in [0.15, 0.2) is 46.8 Å². The summed E-state index contributed by atoms with van der Waals surface area (Å²) in [6.07, 6.45) is 6.16. The van der Waals surface area contributed by atoms with Crippen molar-refractivity contribution in [3.8, 4) is 23.0 Å². The minimum Gasteiger partial charge on any atom is -0.477 e. The maximum atomic E-state index is 13.3. The minimum atomic E-state index is -1.16. The number of ketones is 2. The number of carbonyl (C=O) groups excluding carboxylic acids is 4. The summed E-state index contributed by atoms with van der Waals surface area (Å²) in [5.41, 5.74) is -0.564. The zero-order valence-corrected chi connectivity index (χ0v) is 33.8. The van der Waals surface area contributed by atoms with Gasteiger partial charge >= 0.3 is 12.3 Å². The van der Waals surface area contributed by atoms with Crippen LogP contribution in [0.1, 0.15) is 86.5 Å². The Balaban J connectivity index is 0.706. The number of Topliss-reactive ketones (excluding diaryl/α,β-unsaturated/α-hetero) is 2. The highest BCUT2D eigenvalue weighted by Crippen LogP contribution is 2.66. The number of unbranched alkanes of at least 4 members (excludes halogenated alkanes) is 3. The molecule has 4 aliphatic heterocycles. The van der Waals surface area contributed by atoms with E-state index in [1.807, 2.05) is 24.3 Å². The van der Waals surface area contributed by atoms with Crippen molar-refractivity contribution in [2.24, 2.45) is 0 Å². The molecular weight excluding hydrogens is 773 g/mol. The number of hydrogen-bond donors (Lipinski definition) is 2. The van der Waals surface area contributed by atoms with Crippen LogP contribution in [-0.2, 0) is 42.7 Å². The molecule has 4 aliphatic carbocycles. The van der Waals surface area contributed by atoms with Gasteiger partial charge in [-0.1, -0.05) is 24.3 Å². The van der Waals surface area contributed by atoms with E-state index < -0.39 is 46.6 Å². The topological polar surface area (TPSA) is 171 Å². The summed E-state index contributed by atoms with van der Waals surface area (Å²) in [5.74, 6) is 0.947. The molecule has 2 aromatic carbocycles. The molecule has 8 aliphatic rings. The third-order valence-electron chi connectivity index (χ3n) is 15.3. The molecule has 14 heteroatoms. The molecule has 2 aromatic rings. The molecule has 2 saturated carbocycles. The Kier molecular flexibility index (Phi) is 9.47. The number of aliphatic hydroxyl groups is 2. The predicted octanol–water partition coefficient (Wildman–Crippen LogP) is 4.80. The molecule has 4 fully saturated rings. The summed E-state index contributed by atoms with van der Waals surface area (Å²) in [6, 6.07) is 6.81. The Hall–Kier alpha value is -4.76. The molecule has 4 bridgehead atoms. The van der Waals surface area contributed by atoms with Crippen molar-refractivity contribution in [3.63, 3.8) is 0 Å². The van der Waals surface area contributed by atoms with Gasteiger partial charge in [-0.3, -0.25) is 19.4 Å². The number of nitrogens with zero attached hydrogens (tertiary/aromatic N) is 2. The molecule has 2 spiro atoms. The van der Waals surface area contributed by atoms with Crippen LogP contribution in [-0.4, -0.2) is 119 Å². The second-order valence-electron chi connectivity index (χ2n) is 17.9. The summed E-state index contributed by atoms with van der Waals surface area (Å²) in [6.45, 7) is 10.7. The molecule has 0 radical (unpaired) electrons. The Morgan fingerprint density at radius 3 is 1.53 bits per heavy atom. The number of likely N-dealkylation sites (tertiary alicyclic amines) is 2. The van der Waals surface area contributed by atoms with Crippen LogP contribution in [0.4, 0.5) is 9.59 Å². The van der Waals surface area contributed by atoms with E-state index in [1.165, 1.54) is 0 Å². The first kappa shape index (κ1) is 39.4. The zero-order valence-electron chi connectivity index (χ0n) is 33.8. The smallest absolute Gasteiger partial charge is 0.477 e. The second-order valence-corrected chi connectivity index (χ2v) is 17.9. The highest BCUT2D eigenvalue weighted by atomic mass is 16.7. The van der Waals surface area contributed by atoms with Crippen LogP contribution in [0.15, 0.2) is 49.6 Å². The number of benzene rings is 2. The lowest BCUT2D eigenvalue weighted by molar-refractivity contribution is -0.187. The van der Waals surface area contributed by atoms with Crippen LogP contribution < -0.4 is 18.9 Å². The van der Waals surface area contributed by atoms with E-state index >= 15 is 0 Å². The molecule has 2 N–H and O–H groups in total. The highest BCUT2D eigenvalue weighted by molar-refractivity contribution is 5.91. The second kappa shape index (κ2) is 14.4. The van der Waals surface area contributed by atoms with Gasteiger partial charge < -0.3 is 38.6 Å². The molecule has 318 valence electrons. The summed E-state index contributed by atoms with van der Waals surface area (Å²) in [4.78, 5) is 56.8. The lowest BCUT2D eigenvalue weighted by Crippen LogP contribution is -2.76. The molecule has 2 saturated heterocycles. The van der Waals surface area contributed by atoms with E-state index in [4.69, 9.17) is 28.4 Å². The lowest BCUT2D eigenvalue weighted by atomic mass is 9.49. The fourth-order valence-electron chi connectivity index (χ4n) is 12.8. The van der Waals surface area contributed by atoms with Gasteiger partial charge in [-0.25, -0.2) is 9.59 Å². The summed E-state index contributed by atoms with van der Waals surface area (Å²) < 4.78 is 34.8. The van der Waals surface area contributed by atoms with Gasteiger partial charge in [0, 0.05) is 62.2 Å². The number of hydrogen-bond acceptors (Lipinski definition) is 14. The standard InChI is InChI=1S/C46H52N2O12/c1-3-19-47-21-17-43-35-27-9-11-31(37(35)59-39(43)29(49)13-15-45(43,53)33(47)25-27)57-41(51)55-23-7-5-6-8-24-56-42(52)58-32-12-10-28-26-34-46(54)16-14-30(50)40-44(46,36(28)38(32)60-40)18-22-48(34)20-4-2/h3-4,9-12,33-34,39-40,53-54H,1-2,5-8,13-26H2/t33-,34-,39+,40+,43+,44+,45-,46-/m1/s1. The number of ether oxygens (including phenoxy) is 6. The van der Waals surface area contributed by atoms with Gasteiger partial charge in [0.1, 0.15) is 0 Å². The lowest BCUT2D eigenvalue weighted by Gasteiger charge is -2.62. The maximum Gasteiger partial charge on any atom is 0.513 e. The van der Waals surface area contributed by atoms with Crippen molar-refractivity contribution in [2.75, 3.05) is 39.4 Å². The van der Waals surface area contributed by atoms with E-state index in [2.05, 4.69) is 23.0 Å². The molecule has 60 heavy (non-hydrogen) atoms. The van der Waals surface area contributed by atoms with Crippen molar-refractivity contribution in [1.82, 2.24) is 9.80 Å². The normalized spacial score (nSPS) is 33.8. The van der Waals surface area contributed by atoms with E-state index in [0.29, 0.717) is 102 Å². The molecule has 8 atom stereocenters. The van der Waals surface area contributed by atoms with E-state index in [1.54, 1.807) is 12.1 Å². The maximum absolute atomic E-state index is 13.3. The molecule has 0 amide bonds. The summed E-state index contributed by atoms with van der Waals surface area (Å²) >= 11 is 0. The Morgan fingerprint density at radius 2 is 1.12 bits per heavy atom. The monoisotopic (exact) mass is 824 g/mol. The van der Waals surface area contributed by atoms with E-state index in [0.717, 1.165) is 22.3 Å². The number of piperidine rings is 2. The largest absolute Gasteiger partial charge is 0.513 e. The highest BCUT2D eigenvalue weighted by Gasteiger charge is 2.74.